The third kappa shape index (κ3) is 3.44. The van der Waals surface area contributed by atoms with Gasteiger partial charge >= 0.3 is 0 Å². The number of nitrogens with zero attached hydrogens (tertiary/aromatic N) is 1. The number of nitriles is 1. The summed E-state index contributed by atoms with van der Waals surface area (Å²) in [6.45, 7) is 5.64. The maximum absolute atomic E-state index is 12.2. The highest BCUT2D eigenvalue weighted by molar-refractivity contribution is 5.95. The fourth-order valence-corrected chi connectivity index (χ4v) is 2.02. The average molecular weight is 294 g/mol. The maximum Gasteiger partial charge on any atom is 0.265 e. The highest BCUT2D eigenvalue weighted by Gasteiger charge is 2.17. The van der Waals surface area contributed by atoms with Crippen LogP contribution in [0.3, 0.4) is 0 Å². The number of carbonyl (C=O) groups excluding carboxylic acids is 1. The summed E-state index contributed by atoms with van der Waals surface area (Å²) < 4.78 is 5.74. The molecule has 2 aromatic rings. The molecule has 112 valence electrons. The van der Waals surface area contributed by atoms with Crippen LogP contribution in [0.1, 0.15) is 23.6 Å². The van der Waals surface area contributed by atoms with Crippen LogP contribution in [0, 0.1) is 25.2 Å². The lowest BCUT2D eigenvalue weighted by Gasteiger charge is -2.17. The Hall–Kier alpha value is -2.80. The van der Waals surface area contributed by atoms with Crippen molar-refractivity contribution in [2.75, 3.05) is 5.32 Å². The molecule has 4 heteroatoms. The van der Waals surface area contributed by atoms with Gasteiger partial charge in [-0.3, -0.25) is 4.79 Å². The minimum Gasteiger partial charge on any atom is -0.481 e. The van der Waals surface area contributed by atoms with Crippen molar-refractivity contribution >= 4 is 11.6 Å². The van der Waals surface area contributed by atoms with Gasteiger partial charge in [0.05, 0.1) is 11.3 Å². The first kappa shape index (κ1) is 15.6. The number of hydrogen-bond acceptors (Lipinski definition) is 3. The Morgan fingerprint density at radius 2 is 1.91 bits per heavy atom. The maximum atomic E-state index is 12.2. The largest absolute Gasteiger partial charge is 0.481 e. The summed E-state index contributed by atoms with van der Waals surface area (Å²) >= 11 is 0. The van der Waals surface area contributed by atoms with Gasteiger partial charge in [0.15, 0.2) is 6.10 Å². The molecule has 4 nitrogen and oxygen atoms in total. The van der Waals surface area contributed by atoms with E-state index in [1.165, 1.54) is 0 Å². The Morgan fingerprint density at radius 1 is 1.18 bits per heavy atom. The summed E-state index contributed by atoms with van der Waals surface area (Å²) in [5, 5.41) is 11.8. The molecule has 0 aliphatic heterocycles. The van der Waals surface area contributed by atoms with Gasteiger partial charge in [-0.05, 0) is 50.1 Å². The van der Waals surface area contributed by atoms with Crippen molar-refractivity contribution in [2.24, 2.45) is 0 Å². The van der Waals surface area contributed by atoms with E-state index in [4.69, 9.17) is 10.00 Å². The van der Waals surface area contributed by atoms with Crippen molar-refractivity contribution in [1.82, 2.24) is 0 Å². The highest BCUT2D eigenvalue weighted by Crippen LogP contribution is 2.22. The minimum absolute atomic E-state index is 0.288. The van der Waals surface area contributed by atoms with Crippen LogP contribution in [-0.4, -0.2) is 12.0 Å². The Bertz CT molecular complexity index is 732. The zero-order chi connectivity index (χ0) is 16.1. The first-order valence-corrected chi connectivity index (χ1v) is 7.05. The van der Waals surface area contributed by atoms with E-state index in [9.17, 15) is 4.79 Å². The summed E-state index contributed by atoms with van der Waals surface area (Å²) in [6.07, 6.45) is -0.660. The zero-order valence-electron chi connectivity index (χ0n) is 12.9. The lowest BCUT2D eigenvalue weighted by molar-refractivity contribution is -0.122. The summed E-state index contributed by atoms with van der Waals surface area (Å²) in [5.41, 5.74) is 3.04. The third-order valence-corrected chi connectivity index (χ3v) is 3.53. The molecule has 0 bridgehead atoms. The second kappa shape index (κ2) is 6.77. The predicted octanol–water partition coefficient (Wildman–Crippen LogP) is 3.58. The number of benzene rings is 2. The second-order valence-corrected chi connectivity index (χ2v) is 5.10. The number of rotatable bonds is 4. The van der Waals surface area contributed by atoms with E-state index in [0.717, 1.165) is 11.1 Å². The van der Waals surface area contributed by atoms with Crippen LogP contribution in [0.2, 0.25) is 0 Å². The van der Waals surface area contributed by atoms with Crippen molar-refractivity contribution < 1.29 is 9.53 Å². The smallest absolute Gasteiger partial charge is 0.265 e. The molecular formula is C18H18N2O2. The molecule has 0 aliphatic rings. The molecule has 2 aromatic carbocycles. The number of nitrogens with one attached hydrogen (secondary N) is 1. The Morgan fingerprint density at radius 3 is 2.64 bits per heavy atom. The van der Waals surface area contributed by atoms with Crippen molar-refractivity contribution in [2.45, 2.75) is 26.9 Å². The lowest BCUT2D eigenvalue weighted by Crippen LogP contribution is -2.30. The van der Waals surface area contributed by atoms with Crippen LogP contribution in [0.4, 0.5) is 5.69 Å². The van der Waals surface area contributed by atoms with E-state index in [-0.39, 0.29) is 5.91 Å². The van der Waals surface area contributed by atoms with Crippen LogP contribution in [-0.2, 0) is 4.79 Å². The van der Waals surface area contributed by atoms with E-state index in [0.29, 0.717) is 17.0 Å². The first-order valence-electron chi connectivity index (χ1n) is 7.05. The van der Waals surface area contributed by atoms with Gasteiger partial charge in [0.25, 0.3) is 5.91 Å². The first-order chi connectivity index (χ1) is 10.5. The van der Waals surface area contributed by atoms with E-state index in [2.05, 4.69) is 11.4 Å². The van der Waals surface area contributed by atoms with Gasteiger partial charge < -0.3 is 10.1 Å². The number of amides is 1. The quantitative estimate of drug-likeness (QED) is 0.937. The van der Waals surface area contributed by atoms with E-state index in [1.807, 2.05) is 32.0 Å². The van der Waals surface area contributed by atoms with E-state index in [1.54, 1.807) is 31.2 Å². The summed E-state index contributed by atoms with van der Waals surface area (Å²) in [6, 6.07) is 14.7. The van der Waals surface area contributed by atoms with E-state index < -0.39 is 6.10 Å². The standard InChI is InChI=1S/C18H18N2O2/c1-12-7-6-10-17(13(12)2)22-14(3)18(21)20-16-9-5-4-8-15(16)11-19/h4-10,14H,1-3H3,(H,20,21)/t14-/m1/s1. The molecular weight excluding hydrogens is 276 g/mol. The molecule has 0 fully saturated rings. The molecule has 0 saturated heterocycles. The molecule has 1 N–H and O–H groups in total. The molecule has 0 aliphatic carbocycles. The highest BCUT2D eigenvalue weighted by atomic mass is 16.5. The van der Waals surface area contributed by atoms with Gasteiger partial charge in [-0.15, -0.1) is 0 Å². The van der Waals surface area contributed by atoms with Crippen molar-refractivity contribution in [3.05, 3.63) is 59.2 Å². The van der Waals surface area contributed by atoms with Gasteiger partial charge in [-0.1, -0.05) is 24.3 Å². The molecule has 0 spiro atoms. The predicted molar refractivity (Wildman–Crippen MR) is 85.8 cm³/mol. The number of para-hydroxylation sites is 1. The topological polar surface area (TPSA) is 62.1 Å². The molecule has 2 rings (SSSR count). The van der Waals surface area contributed by atoms with Crippen LogP contribution in [0.25, 0.3) is 0 Å². The number of carbonyl (C=O) groups is 1. The van der Waals surface area contributed by atoms with Gasteiger partial charge in [0.2, 0.25) is 0 Å². The van der Waals surface area contributed by atoms with Crippen molar-refractivity contribution in [3.63, 3.8) is 0 Å². The molecule has 0 saturated carbocycles. The normalized spacial score (nSPS) is 11.4. The molecule has 22 heavy (non-hydrogen) atoms. The summed E-state index contributed by atoms with van der Waals surface area (Å²) in [7, 11) is 0. The molecule has 0 radical (unpaired) electrons. The third-order valence-electron chi connectivity index (χ3n) is 3.53. The van der Waals surface area contributed by atoms with Gasteiger partial charge in [-0.25, -0.2) is 0 Å². The van der Waals surface area contributed by atoms with Crippen LogP contribution < -0.4 is 10.1 Å². The molecule has 0 heterocycles. The molecule has 1 atom stereocenters. The monoisotopic (exact) mass is 294 g/mol. The number of aryl methyl sites for hydroxylation is 1. The lowest BCUT2D eigenvalue weighted by atomic mass is 10.1. The molecule has 1 amide bonds. The fraction of sp³-hybridized carbons (Fsp3) is 0.222. The van der Waals surface area contributed by atoms with Crippen LogP contribution >= 0.6 is 0 Å². The van der Waals surface area contributed by atoms with Gasteiger partial charge in [-0.2, -0.15) is 5.26 Å². The summed E-state index contributed by atoms with van der Waals surface area (Å²) in [4.78, 5) is 12.2. The number of anilines is 1. The summed E-state index contributed by atoms with van der Waals surface area (Å²) in [5.74, 6) is 0.403. The number of hydrogen-bond donors (Lipinski definition) is 1. The average Bonchev–Trinajstić information content (AvgIpc) is 2.52. The Balaban J connectivity index is 2.10. The van der Waals surface area contributed by atoms with Crippen molar-refractivity contribution in [1.29, 1.82) is 5.26 Å². The zero-order valence-corrected chi connectivity index (χ0v) is 12.9. The minimum atomic E-state index is -0.660. The number of ether oxygens (including phenoxy) is 1. The molecule has 0 aromatic heterocycles. The second-order valence-electron chi connectivity index (χ2n) is 5.10. The van der Waals surface area contributed by atoms with Gasteiger partial charge in [0.1, 0.15) is 11.8 Å². The van der Waals surface area contributed by atoms with Gasteiger partial charge in [0, 0.05) is 0 Å². The van der Waals surface area contributed by atoms with Crippen LogP contribution in [0.5, 0.6) is 5.75 Å². The Labute approximate surface area is 130 Å². The Kier molecular flexibility index (Phi) is 4.80. The van der Waals surface area contributed by atoms with Crippen LogP contribution in [0.15, 0.2) is 42.5 Å². The fourth-order valence-electron chi connectivity index (χ4n) is 2.02. The molecule has 0 unspecified atom stereocenters. The van der Waals surface area contributed by atoms with E-state index >= 15 is 0 Å². The van der Waals surface area contributed by atoms with Crippen molar-refractivity contribution in [3.8, 4) is 11.8 Å². The SMILES string of the molecule is Cc1cccc(O[C@H](C)C(=O)Nc2ccccc2C#N)c1C.